The third-order valence-corrected chi connectivity index (χ3v) is 5.72. The summed E-state index contributed by atoms with van der Waals surface area (Å²) in [4.78, 5) is 35.4. The molecule has 4 amide bonds. The van der Waals surface area contributed by atoms with Crippen molar-refractivity contribution in [3.05, 3.63) is 0 Å². The van der Waals surface area contributed by atoms with Gasteiger partial charge in [-0.25, -0.2) is 4.79 Å². The molecule has 0 aromatic carbocycles. The topological polar surface area (TPSA) is 118 Å². The van der Waals surface area contributed by atoms with E-state index in [0.717, 1.165) is 0 Å². The highest BCUT2D eigenvalue weighted by Crippen LogP contribution is 2.31. The fourth-order valence-electron chi connectivity index (χ4n) is 1.54. The summed E-state index contributed by atoms with van der Waals surface area (Å²) in [5, 5.41) is 10.0. The van der Waals surface area contributed by atoms with Crippen LogP contribution >= 0.6 is 34.9 Å². The highest BCUT2D eigenvalue weighted by atomic mass is 32.2. The third kappa shape index (κ3) is 4.32. The van der Waals surface area contributed by atoms with Crippen LogP contribution in [-0.4, -0.2) is 57.0 Å². The van der Waals surface area contributed by atoms with Gasteiger partial charge in [-0.05, 0) is 6.92 Å². The predicted octanol–water partition coefficient (Wildman–Crippen LogP) is 0.148. The van der Waals surface area contributed by atoms with E-state index in [-0.39, 0.29) is 17.7 Å². The van der Waals surface area contributed by atoms with E-state index in [0.29, 0.717) is 21.8 Å². The summed E-state index contributed by atoms with van der Waals surface area (Å²) in [6.45, 7) is 2.59. The average molecular weight is 347 g/mol. The van der Waals surface area contributed by atoms with Gasteiger partial charge in [-0.1, -0.05) is 34.9 Å². The monoisotopic (exact) mass is 347 g/mol. The average Bonchev–Trinajstić information content (AvgIpc) is 3.04. The van der Waals surface area contributed by atoms with Gasteiger partial charge in [-0.3, -0.25) is 14.5 Å². The van der Waals surface area contributed by atoms with Crippen molar-refractivity contribution in [2.24, 2.45) is 5.73 Å². The first-order chi connectivity index (χ1) is 9.97. The Hall–Kier alpha value is -1.33. The maximum Gasteiger partial charge on any atom is 0.324 e. The van der Waals surface area contributed by atoms with Crippen LogP contribution in [0.4, 0.5) is 4.79 Å². The summed E-state index contributed by atoms with van der Waals surface area (Å²) in [7, 11) is 0. The van der Waals surface area contributed by atoms with Gasteiger partial charge in [0.05, 0.1) is 11.0 Å². The van der Waals surface area contributed by atoms with Crippen LogP contribution in [0.15, 0.2) is 8.68 Å². The normalized spacial score (nSPS) is 15.9. The summed E-state index contributed by atoms with van der Waals surface area (Å²) >= 11 is 3.74. The van der Waals surface area contributed by atoms with E-state index < -0.39 is 11.2 Å². The van der Waals surface area contributed by atoms with Gasteiger partial charge >= 0.3 is 6.03 Å². The number of thioether (sulfide) groups is 2. The fraction of sp³-hybridized carbons (Fsp3) is 0.500. The highest BCUT2D eigenvalue weighted by molar-refractivity contribution is 8.04. The summed E-state index contributed by atoms with van der Waals surface area (Å²) < 4.78 is 1.23. The van der Waals surface area contributed by atoms with Crippen LogP contribution in [0.2, 0.25) is 0 Å². The molecule has 11 heteroatoms. The highest BCUT2D eigenvalue weighted by Gasteiger charge is 2.30. The predicted molar refractivity (Wildman–Crippen MR) is 80.3 cm³/mol. The summed E-state index contributed by atoms with van der Waals surface area (Å²) in [5.74, 6) is -0.536. The Labute approximate surface area is 133 Å². The molecule has 0 saturated carbocycles. The first-order valence-electron chi connectivity index (χ1n) is 5.98. The van der Waals surface area contributed by atoms with Crippen molar-refractivity contribution in [2.45, 2.75) is 20.9 Å². The Morgan fingerprint density at radius 2 is 2.19 bits per heavy atom. The van der Waals surface area contributed by atoms with E-state index in [2.05, 4.69) is 15.5 Å². The number of urea groups is 1. The van der Waals surface area contributed by atoms with E-state index in [4.69, 9.17) is 5.73 Å². The van der Waals surface area contributed by atoms with Crippen molar-refractivity contribution in [3.63, 3.8) is 0 Å². The van der Waals surface area contributed by atoms with Gasteiger partial charge in [0.1, 0.15) is 0 Å². The molecule has 2 heterocycles. The molecule has 1 fully saturated rings. The number of primary amides is 1. The van der Waals surface area contributed by atoms with Crippen molar-refractivity contribution >= 4 is 52.7 Å². The SMILES string of the molecule is CC(Sc1nnc(SCC(N)=O)s1)C(=O)N1CCNC1=O. The minimum absolute atomic E-state index is 0.141. The Balaban J connectivity index is 1.90. The second-order valence-corrected chi connectivity index (χ2v) is 7.86. The maximum atomic E-state index is 12.1. The second kappa shape index (κ2) is 7.09. The molecule has 1 saturated heterocycles. The molecular weight excluding hydrogens is 334 g/mol. The number of imide groups is 1. The molecule has 114 valence electrons. The van der Waals surface area contributed by atoms with Gasteiger partial charge in [0, 0.05) is 13.1 Å². The second-order valence-electron chi connectivity index (χ2n) is 4.07. The van der Waals surface area contributed by atoms with Gasteiger partial charge in [0.15, 0.2) is 8.68 Å². The largest absolute Gasteiger partial charge is 0.369 e. The lowest BCUT2D eigenvalue weighted by Crippen LogP contribution is -2.38. The van der Waals surface area contributed by atoms with Crippen LogP contribution in [0.25, 0.3) is 0 Å². The molecule has 1 aliphatic rings. The number of amides is 4. The van der Waals surface area contributed by atoms with E-state index >= 15 is 0 Å². The van der Waals surface area contributed by atoms with E-state index in [9.17, 15) is 14.4 Å². The number of aromatic nitrogens is 2. The smallest absolute Gasteiger partial charge is 0.324 e. The molecular formula is C10H13N5O3S3. The van der Waals surface area contributed by atoms with Crippen LogP contribution in [0.1, 0.15) is 6.92 Å². The first kappa shape index (κ1) is 16.0. The molecule has 0 spiro atoms. The first-order valence-corrected chi connectivity index (χ1v) is 8.66. The Morgan fingerprint density at radius 3 is 2.81 bits per heavy atom. The quantitative estimate of drug-likeness (QED) is 0.703. The molecule has 1 unspecified atom stereocenters. The lowest BCUT2D eigenvalue weighted by molar-refractivity contribution is -0.126. The van der Waals surface area contributed by atoms with Crippen LogP contribution in [-0.2, 0) is 9.59 Å². The van der Waals surface area contributed by atoms with Crippen molar-refractivity contribution in [2.75, 3.05) is 18.8 Å². The molecule has 21 heavy (non-hydrogen) atoms. The molecule has 0 radical (unpaired) electrons. The van der Waals surface area contributed by atoms with Gasteiger partial charge in [-0.2, -0.15) is 0 Å². The van der Waals surface area contributed by atoms with Crippen LogP contribution in [0.5, 0.6) is 0 Å². The number of nitrogens with one attached hydrogen (secondary N) is 1. The zero-order chi connectivity index (χ0) is 15.4. The van der Waals surface area contributed by atoms with Gasteiger partial charge in [-0.15, -0.1) is 10.2 Å². The number of nitrogens with two attached hydrogens (primary N) is 1. The minimum atomic E-state index is -0.434. The van der Waals surface area contributed by atoms with E-state index in [1.165, 1.54) is 39.8 Å². The van der Waals surface area contributed by atoms with Crippen molar-refractivity contribution in [3.8, 4) is 0 Å². The van der Waals surface area contributed by atoms with Crippen molar-refractivity contribution < 1.29 is 14.4 Å². The molecule has 0 bridgehead atoms. The molecule has 1 aromatic rings. The minimum Gasteiger partial charge on any atom is -0.369 e. The van der Waals surface area contributed by atoms with E-state index in [1.807, 2.05) is 0 Å². The van der Waals surface area contributed by atoms with E-state index in [1.54, 1.807) is 6.92 Å². The maximum absolute atomic E-state index is 12.1. The lowest BCUT2D eigenvalue weighted by atomic mass is 10.4. The molecule has 0 aliphatic carbocycles. The molecule has 3 N–H and O–H groups in total. The number of carbonyl (C=O) groups excluding carboxylic acids is 3. The third-order valence-electron chi connectivity index (χ3n) is 2.47. The summed E-state index contributed by atoms with van der Waals surface area (Å²) in [6, 6.07) is -0.359. The molecule has 1 aliphatic heterocycles. The van der Waals surface area contributed by atoms with Gasteiger partial charge < -0.3 is 11.1 Å². The van der Waals surface area contributed by atoms with Crippen LogP contribution in [0, 0.1) is 0 Å². The fourth-order valence-corrected chi connectivity index (χ4v) is 4.50. The lowest BCUT2D eigenvalue weighted by Gasteiger charge is -2.16. The number of carbonyl (C=O) groups is 3. The molecule has 2 rings (SSSR count). The van der Waals surface area contributed by atoms with Crippen LogP contribution in [0.3, 0.4) is 0 Å². The Morgan fingerprint density at radius 1 is 1.48 bits per heavy atom. The summed E-state index contributed by atoms with van der Waals surface area (Å²) in [6.07, 6.45) is 0. The van der Waals surface area contributed by atoms with Gasteiger partial charge in [0.2, 0.25) is 11.8 Å². The Kier molecular flexibility index (Phi) is 5.42. The van der Waals surface area contributed by atoms with Crippen molar-refractivity contribution in [1.29, 1.82) is 0 Å². The number of hydrogen-bond acceptors (Lipinski definition) is 8. The standard InChI is InChI=1S/C10H13N5O3S3/c1-5(7(17)15-3-2-12-8(15)18)20-10-14-13-9(21-10)19-4-6(11)16/h5H,2-4H2,1H3,(H2,11,16)(H,12,18). The number of nitrogens with zero attached hydrogens (tertiary/aromatic N) is 3. The number of hydrogen-bond donors (Lipinski definition) is 2. The number of rotatable bonds is 6. The zero-order valence-electron chi connectivity index (χ0n) is 11.1. The van der Waals surface area contributed by atoms with Crippen molar-refractivity contribution in [1.82, 2.24) is 20.4 Å². The van der Waals surface area contributed by atoms with Gasteiger partial charge in [0.25, 0.3) is 0 Å². The summed E-state index contributed by atoms with van der Waals surface area (Å²) in [5.41, 5.74) is 5.05. The molecule has 1 atom stereocenters. The zero-order valence-corrected chi connectivity index (χ0v) is 13.5. The Bertz CT molecular complexity index is 564. The van der Waals surface area contributed by atoms with Crippen LogP contribution < -0.4 is 11.1 Å². The molecule has 8 nitrogen and oxygen atoms in total. The molecule has 1 aromatic heterocycles.